The molecule has 2 aromatic carbocycles. The number of anilines is 2. The van der Waals surface area contributed by atoms with Gasteiger partial charge >= 0.3 is 5.97 Å². The molecule has 140 valence electrons. The molecule has 28 heavy (non-hydrogen) atoms. The number of hydrogen-bond acceptors (Lipinski definition) is 5. The lowest BCUT2D eigenvalue weighted by atomic mass is 10.1. The molecule has 0 spiro atoms. The van der Waals surface area contributed by atoms with Crippen molar-refractivity contribution in [2.75, 3.05) is 11.9 Å². The number of carbonyl (C=O) groups is 1. The minimum Gasteiger partial charge on any atom is -0.462 e. The molecule has 0 aliphatic carbocycles. The summed E-state index contributed by atoms with van der Waals surface area (Å²) in [6, 6.07) is 14.6. The van der Waals surface area contributed by atoms with Gasteiger partial charge in [0.15, 0.2) is 5.65 Å². The Bertz CT molecular complexity index is 1120. The summed E-state index contributed by atoms with van der Waals surface area (Å²) in [6.45, 7) is 2.13. The second kappa shape index (κ2) is 7.70. The maximum Gasteiger partial charge on any atom is 0.338 e. The van der Waals surface area contributed by atoms with Crippen LogP contribution < -0.4 is 5.32 Å². The molecule has 0 unspecified atom stereocenters. The molecule has 0 atom stereocenters. The molecule has 2 heterocycles. The number of nitrogens with one attached hydrogen (secondary N) is 1. The van der Waals surface area contributed by atoms with Gasteiger partial charge in [-0.1, -0.05) is 23.7 Å². The number of esters is 1. The fourth-order valence-corrected chi connectivity index (χ4v) is 3.00. The number of ether oxygens (including phenoxy) is 1. The van der Waals surface area contributed by atoms with Crippen LogP contribution in [-0.2, 0) is 4.74 Å². The van der Waals surface area contributed by atoms with Crippen LogP contribution in [0.3, 0.4) is 0 Å². The third-order valence-electron chi connectivity index (χ3n) is 4.21. The number of aromatic nitrogens is 3. The van der Waals surface area contributed by atoms with Gasteiger partial charge in [0.05, 0.1) is 18.4 Å². The van der Waals surface area contributed by atoms with Crippen LogP contribution in [0.5, 0.6) is 0 Å². The molecule has 0 fully saturated rings. The van der Waals surface area contributed by atoms with E-state index >= 15 is 0 Å². The Balaban J connectivity index is 1.72. The van der Waals surface area contributed by atoms with Crippen LogP contribution in [0.4, 0.5) is 11.5 Å². The summed E-state index contributed by atoms with van der Waals surface area (Å²) in [4.78, 5) is 20.7. The molecular weight excluding hydrogens is 376 g/mol. The van der Waals surface area contributed by atoms with E-state index in [1.165, 1.54) is 0 Å². The quantitative estimate of drug-likeness (QED) is 0.485. The van der Waals surface area contributed by atoms with E-state index < -0.39 is 0 Å². The van der Waals surface area contributed by atoms with E-state index in [2.05, 4.69) is 10.3 Å². The zero-order valence-corrected chi connectivity index (χ0v) is 15.8. The number of benzene rings is 2. The van der Waals surface area contributed by atoms with E-state index in [9.17, 15) is 4.79 Å². The Hall–Kier alpha value is -3.38. The van der Waals surface area contributed by atoms with E-state index in [-0.39, 0.29) is 5.97 Å². The summed E-state index contributed by atoms with van der Waals surface area (Å²) >= 11 is 6.02. The Morgan fingerprint density at radius 3 is 2.61 bits per heavy atom. The first-order valence-corrected chi connectivity index (χ1v) is 9.15. The first kappa shape index (κ1) is 18.0. The van der Waals surface area contributed by atoms with Gasteiger partial charge in [0, 0.05) is 28.7 Å². The third-order valence-corrected chi connectivity index (χ3v) is 4.46. The van der Waals surface area contributed by atoms with Crippen molar-refractivity contribution in [2.24, 2.45) is 0 Å². The van der Waals surface area contributed by atoms with Crippen LogP contribution in [-0.4, -0.2) is 26.9 Å². The summed E-state index contributed by atoms with van der Waals surface area (Å²) in [5.41, 5.74) is 3.76. The first-order chi connectivity index (χ1) is 13.7. The smallest absolute Gasteiger partial charge is 0.338 e. The summed E-state index contributed by atoms with van der Waals surface area (Å²) in [5.74, 6) is 0.459. The molecule has 0 aliphatic heterocycles. The highest BCUT2D eigenvalue weighted by Gasteiger charge is 2.15. The maximum atomic E-state index is 11.8. The van der Waals surface area contributed by atoms with E-state index in [1.54, 1.807) is 31.5 Å². The number of nitrogens with zero attached hydrogens (tertiary/aromatic N) is 3. The number of carbonyl (C=O) groups excluding carboxylic acids is 1. The predicted octanol–water partition coefficient (Wildman–Crippen LogP) is 4.97. The van der Waals surface area contributed by atoms with E-state index in [0.29, 0.717) is 17.2 Å². The Morgan fingerprint density at radius 2 is 1.89 bits per heavy atom. The van der Waals surface area contributed by atoms with Crippen LogP contribution >= 0.6 is 11.6 Å². The summed E-state index contributed by atoms with van der Waals surface area (Å²) in [5, 5.41) is 4.06. The molecule has 2 aromatic heterocycles. The Labute approximate surface area is 166 Å². The number of imidazole rings is 1. The summed E-state index contributed by atoms with van der Waals surface area (Å²) in [6.07, 6.45) is 5.25. The van der Waals surface area contributed by atoms with Crippen molar-refractivity contribution in [3.05, 3.63) is 77.7 Å². The van der Waals surface area contributed by atoms with Crippen molar-refractivity contribution in [2.45, 2.75) is 6.92 Å². The topological polar surface area (TPSA) is 68.5 Å². The van der Waals surface area contributed by atoms with Crippen molar-refractivity contribution >= 4 is 34.7 Å². The predicted molar refractivity (Wildman–Crippen MR) is 109 cm³/mol. The molecule has 0 saturated carbocycles. The van der Waals surface area contributed by atoms with Gasteiger partial charge in [0.2, 0.25) is 0 Å². The zero-order valence-electron chi connectivity index (χ0n) is 15.1. The van der Waals surface area contributed by atoms with Crippen molar-refractivity contribution in [1.29, 1.82) is 0 Å². The molecule has 0 radical (unpaired) electrons. The standard InChI is InChI=1S/C21H17ClN4O2/c1-2-28-21(27)15-5-9-17(10-6-15)24-20-19(14-3-7-16(22)8-4-14)25-18-13-23-11-12-26(18)20/h3-13,24H,2H2,1H3. The number of hydrogen-bond donors (Lipinski definition) is 1. The lowest BCUT2D eigenvalue weighted by Gasteiger charge is -2.10. The molecule has 1 N–H and O–H groups in total. The van der Waals surface area contributed by atoms with Crippen molar-refractivity contribution in [1.82, 2.24) is 14.4 Å². The minimum absolute atomic E-state index is 0.336. The van der Waals surface area contributed by atoms with Gasteiger partial charge in [-0.15, -0.1) is 0 Å². The van der Waals surface area contributed by atoms with Crippen LogP contribution in [0.25, 0.3) is 16.9 Å². The summed E-state index contributed by atoms with van der Waals surface area (Å²) in [7, 11) is 0. The van der Waals surface area contributed by atoms with Crippen molar-refractivity contribution in [3.8, 4) is 11.3 Å². The van der Waals surface area contributed by atoms with Gasteiger partial charge in [0.1, 0.15) is 11.5 Å². The van der Waals surface area contributed by atoms with Gasteiger partial charge in [-0.2, -0.15) is 0 Å². The van der Waals surface area contributed by atoms with Gasteiger partial charge < -0.3 is 10.1 Å². The number of rotatable bonds is 5. The molecule has 6 nitrogen and oxygen atoms in total. The molecule has 7 heteroatoms. The van der Waals surface area contributed by atoms with Crippen LogP contribution in [0.15, 0.2) is 67.1 Å². The molecule has 0 aliphatic rings. The second-order valence-corrected chi connectivity index (χ2v) is 6.48. The van der Waals surface area contributed by atoms with Gasteiger partial charge in [-0.3, -0.25) is 9.38 Å². The average Bonchev–Trinajstić information content (AvgIpc) is 3.08. The zero-order chi connectivity index (χ0) is 19.5. The SMILES string of the molecule is CCOC(=O)c1ccc(Nc2c(-c3ccc(Cl)cc3)nc3cnccn23)cc1. The molecule has 0 saturated heterocycles. The van der Waals surface area contributed by atoms with Crippen LogP contribution in [0.2, 0.25) is 5.02 Å². The lowest BCUT2D eigenvalue weighted by molar-refractivity contribution is 0.0526. The Morgan fingerprint density at radius 1 is 1.14 bits per heavy atom. The number of fused-ring (bicyclic) bond motifs is 1. The monoisotopic (exact) mass is 392 g/mol. The first-order valence-electron chi connectivity index (χ1n) is 8.78. The van der Waals surface area contributed by atoms with Gasteiger partial charge in [-0.25, -0.2) is 9.78 Å². The highest BCUT2D eigenvalue weighted by atomic mass is 35.5. The molecule has 0 bridgehead atoms. The van der Waals surface area contributed by atoms with Gasteiger partial charge in [-0.05, 0) is 43.3 Å². The lowest BCUT2D eigenvalue weighted by Crippen LogP contribution is -2.04. The average molecular weight is 393 g/mol. The largest absolute Gasteiger partial charge is 0.462 e. The third kappa shape index (κ3) is 3.54. The molecule has 0 amide bonds. The van der Waals surface area contributed by atoms with E-state index in [4.69, 9.17) is 21.3 Å². The molecular formula is C21H17ClN4O2. The fraction of sp³-hybridized carbons (Fsp3) is 0.0952. The minimum atomic E-state index is -0.336. The highest BCUT2D eigenvalue weighted by molar-refractivity contribution is 6.30. The number of halogens is 1. The summed E-state index contributed by atoms with van der Waals surface area (Å²) < 4.78 is 6.95. The van der Waals surface area contributed by atoms with Crippen LogP contribution in [0.1, 0.15) is 17.3 Å². The van der Waals surface area contributed by atoms with Gasteiger partial charge in [0.25, 0.3) is 0 Å². The van der Waals surface area contributed by atoms with Crippen LogP contribution in [0, 0.1) is 0 Å². The van der Waals surface area contributed by atoms with Crippen molar-refractivity contribution in [3.63, 3.8) is 0 Å². The Kier molecular flexibility index (Phi) is 4.95. The maximum absolute atomic E-state index is 11.8. The normalized spacial score (nSPS) is 10.8. The fourth-order valence-electron chi connectivity index (χ4n) is 2.88. The van der Waals surface area contributed by atoms with Crippen molar-refractivity contribution < 1.29 is 9.53 Å². The van der Waals surface area contributed by atoms with E-state index in [1.807, 2.05) is 47.0 Å². The van der Waals surface area contributed by atoms with E-state index in [0.717, 1.165) is 28.4 Å². The highest BCUT2D eigenvalue weighted by Crippen LogP contribution is 2.31. The molecule has 4 rings (SSSR count). The second-order valence-electron chi connectivity index (χ2n) is 6.04. The molecule has 4 aromatic rings.